The van der Waals surface area contributed by atoms with E-state index in [1.165, 1.54) is 35.0 Å². The Morgan fingerprint density at radius 1 is 0.500 bits per heavy atom. The Hall–Kier alpha value is 0.430. The largest absolute Gasteiger partial charge is 0.0966 e. The van der Waals surface area contributed by atoms with Crippen molar-refractivity contribution in [2.45, 2.75) is 95.0 Å². The smallest absolute Gasteiger partial charge is 0.0147 e. The van der Waals surface area contributed by atoms with Gasteiger partial charge < -0.3 is 0 Å². The zero-order valence-electron chi connectivity index (χ0n) is 15.9. The quantitative estimate of drug-likeness (QED) is 0.511. The summed E-state index contributed by atoms with van der Waals surface area (Å²) in [4.78, 5) is 0. The first-order valence-corrected chi connectivity index (χ1v) is 13.0. The van der Waals surface area contributed by atoms with Crippen LogP contribution in [0.2, 0.25) is 0 Å². The molecule has 8 bridgehead atoms. The summed E-state index contributed by atoms with van der Waals surface area (Å²) in [5, 5.41) is 0. The average Bonchev–Trinajstić information content (AvgIpc) is 2.50. The Morgan fingerprint density at radius 3 is 1.04 bits per heavy atom. The molecule has 0 saturated heterocycles. The van der Waals surface area contributed by atoms with E-state index in [4.69, 9.17) is 0 Å². The monoisotopic (exact) mass is 344 g/mol. The van der Waals surface area contributed by atoms with E-state index >= 15 is 0 Å². The van der Waals surface area contributed by atoms with Gasteiger partial charge in [-0.15, -0.1) is 0 Å². The molecule has 24 heavy (non-hydrogen) atoms. The van der Waals surface area contributed by atoms with Crippen molar-refractivity contribution >= 4 is 7.92 Å². The van der Waals surface area contributed by atoms with Crippen molar-refractivity contribution in [2.24, 2.45) is 47.3 Å². The molecule has 8 rings (SSSR count). The summed E-state index contributed by atoms with van der Waals surface area (Å²) in [6, 6.07) is 0. The Morgan fingerprint density at radius 2 is 0.792 bits per heavy atom. The van der Waals surface area contributed by atoms with Gasteiger partial charge in [0, 0.05) is 0 Å². The highest BCUT2D eigenvalue weighted by Gasteiger charge is 2.57. The van der Waals surface area contributed by atoms with E-state index in [0.717, 1.165) is 29.3 Å². The predicted molar refractivity (Wildman–Crippen MR) is 104 cm³/mol. The van der Waals surface area contributed by atoms with Crippen LogP contribution in [-0.4, -0.2) is 17.0 Å². The fourth-order valence-corrected chi connectivity index (χ4v) is 14.3. The summed E-state index contributed by atoms with van der Waals surface area (Å²) in [5.74, 6) is 9.33. The van der Waals surface area contributed by atoms with E-state index in [0.29, 0.717) is 0 Å². The summed E-state index contributed by atoms with van der Waals surface area (Å²) in [5.41, 5.74) is 3.41. The standard InChI is InChI=1S/C23H37P/c1-13(2)24(22-18-5-14-3-15(7-18)8-19(22)6-14)23-20-9-16-4-17(11-20)12-21(23)10-16/h13-23H,3-12H2,1-2H3. The lowest BCUT2D eigenvalue weighted by Gasteiger charge is -2.63. The molecule has 0 aromatic heterocycles. The third kappa shape index (κ3) is 2.20. The molecule has 0 aliphatic heterocycles. The lowest BCUT2D eigenvalue weighted by atomic mass is 9.55. The summed E-state index contributed by atoms with van der Waals surface area (Å²) in [6.07, 6.45) is 16.4. The zero-order valence-corrected chi connectivity index (χ0v) is 16.8. The van der Waals surface area contributed by atoms with E-state index < -0.39 is 0 Å². The van der Waals surface area contributed by atoms with Crippen LogP contribution in [0.15, 0.2) is 0 Å². The molecule has 1 heteroatoms. The van der Waals surface area contributed by atoms with Gasteiger partial charge in [-0.1, -0.05) is 21.8 Å². The minimum absolute atomic E-state index is 0.281. The maximum Gasteiger partial charge on any atom is -0.0147 e. The molecule has 8 fully saturated rings. The van der Waals surface area contributed by atoms with Crippen LogP contribution in [0.1, 0.15) is 78.1 Å². The van der Waals surface area contributed by atoms with Gasteiger partial charge in [0.15, 0.2) is 0 Å². The molecule has 0 radical (unpaired) electrons. The summed E-state index contributed by atoms with van der Waals surface area (Å²) in [7, 11) is 0.281. The zero-order chi connectivity index (χ0) is 16.0. The topological polar surface area (TPSA) is 0 Å². The summed E-state index contributed by atoms with van der Waals surface area (Å²) in [6.45, 7) is 5.28. The van der Waals surface area contributed by atoms with Crippen molar-refractivity contribution in [1.29, 1.82) is 0 Å². The van der Waals surface area contributed by atoms with Gasteiger partial charge in [-0.2, -0.15) is 0 Å². The van der Waals surface area contributed by atoms with Gasteiger partial charge in [0.05, 0.1) is 0 Å². The highest BCUT2D eigenvalue weighted by molar-refractivity contribution is 7.60. The second-order valence-electron chi connectivity index (χ2n) is 11.4. The van der Waals surface area contributed by atoms with Gasteiger partial charge in [-0.3, -0.25) is 0 Å². The van der Waals surface area contributed by atoms with E-state index in [-0.39, 0.29) is 7.92 Å². The minimum atomic E-state index is 0.281. The first-order valence-electron chi connectivity index (χ1n) is 11.4. The predicted octanol–water partition coefficient (Wildman–Crippen LogP) is 6.53. The molecule has 134 valence electrons. The van der Waals surface area contributed by atoms with Crippen molar-refractivity contribution in [3.63, 3.8) is 0 Å². The third-order valence-corrected chi connectivity index (χ3v) is 13.9. The molecular formula is C23H37P. The SMILES string of the molecule is CC(C)P(C1C2CC3CC(C2)CC1C3)C1C2CC3CC(C2)CC1C3. The van der Waals surface area contributed by atoms with Gasteiger partial charge in [0.25, 0.3) is 0 Å². The van der Waals surface area contributed by atoms with Crippen LogP contribution in [0.4, 0.5) is 0 Å². The summed E-state index contributed by atoms with van der Waals surface area (Å²) < 4.78 is 0. The maximum absolute atomic E-state index is 2.64. The first-order chi connectivity index (χ1) is 11.7. The van der Waals surface area contributed by atoms with Gasteiger partial charge >= 0.3 is 0 Å². The highest BCUT2D eigenvalue weighted by atomic mass is 31.1. The fraction of sp³-hybridized carbons (Fsp3) is 1.00. The van der Waals surface area contributed by atoms with Crippen LogP contribution in [-0.2, 0) is 0 Å². The molecule has 0 unspecified atom stereocenters. The van der Waals surface area contributed by atoms with E-state index in [9.17, 15) is 0 Å². The molecule has 0 nitrogen and oxygen atoms in total. The first kappa shape index (κ1) is 15.5. The Kier molecular flexibility index (Phi) is 3.53. The molecule has 8 aliphatic carbocycles. The van der Waals surface area contributed by atoms with E-state index in [2.05, 4.69) is 13.8 Å². The molecule has 0 aromatic rings. The number of rotatable bonds is 3. The van der Waals surface area contributed by atoms with Crippen molar-refractivity contribution in [3.05, 3.63) is 0 Å². The second-order valence-corrected chi connectivity index (χ2v) is 14.5. The molecule has 0 spiro atoms. The molecule has 0 N–H and O–H groups in total. The third-order valence-electron chi connectivity index (χ3n) is 9.64. The second kappa shape index (κ2) is 5.47. The van der Waals surface area contributed by atoms with Gasteiger partial charge in [0.2, 0.25) is 0 Å². The van der Waals surface area contributed by atoms with Crippen LogP contribution in [0.5, 0.6) is 0 Å². The lowest BCUT2D eigenvalue weighted by molar-refractivity contribution is 0.0126. The molecule has 0 aromatic carbocycles. The van der Waals surface area contributed by atoms with Gasteiger partial charge in [-0.25, -0.2) is 0 Å². The number of hydrogen-bond acceptors (Lipinski definition) is 0. The molecule has 0 amide bonds. The molecule has 8 aliphatic rings. The molecular weight excluding hydrogens is 307 g/mol. The van der Waals surface area contributed by atoms with Crippen LogP contribution >= 0.6 is 7.92 Å². The van der Waals surface area contributed by atoms with Crippen molar-refractivity contribution < 1.29 is 0 Å². The van der Waals surface area contributed by atoms with Crippen LogP contribution in [0.3, 0.4) is 0 Å². The van der Waals surface area contributed by atoms with E-state index in [1.54, 1.807) is 64.2 Å². The van der Waals surface area contributed by atoms with Crippen molar-refractivity contribution in [1.82, 2.24) is 0 Å². The minimum Gasteiger partial charge on any atom is -0.0966 e. The molecule has 8 saturated carbocycles. The summed E-state index contributed by atoms with van der Waals surface area (Å²) >= 11 is 0. The van der Waals surface area contributed by atoms with Crippen molar-refractivity contribution in [2.75, 3.05) is 0 Å². The van der Waals surface area contributed by atoms with Crippen LogP contribution in [0, 0.1) is 47.3 Å². The normalized spacial score (nSPS) is 58.6. The van der Waals surface area contributed by atoms with Gasteiger partial charge in [0.1, 0.15) is 0 Å². The molecule has 0 atom stereocenters. The van der Waals surface area contributed by atoms with Crippen molar-refractivity contribution in [3.8, 4) is 0 Å². The van der Waals surface area contributed by atoms with Crippen LogP contribution in [0.25, 0.3) is 0 Å². The lowest BCUT2D eigenvalue weighted by Crippen LogP contribution is -2.53. The van der Waals surface area contributed by atoms with Crippen LogP contribution < -0.4 is 0 Å². The molecule has 0 heterocycles. The highest BCUT2D eigenvalue weighted by Crippen LogP contribution is 2.72. The maximum atomic E-state index is 2.64. The number of hydrogen-bond donors (Lipinski definition) is 0. The Balaban J connectivity index is 1.33. The van der Waals surface area contributed by atoms with E-state index in [1.807, 2.05) is 0 Å². The Labute approximate surface area is 150 Å². The Bertz CT molecular complexity index is 410. The van der Waals surface area contributed by atoms with Gasteiger partial charge in [-0.05, 0) is 129 Å². The average molecular weight is 345 g/mol. The fourth-order valence-electron chi connectivity index (χ4n) is 9.65.